The van der Waals surface area contributed by atoms with Crippen molar-refractivity contribution in [3.63, 3.8) is 0 Å². The highest BCUT2D eigenvalue weighted by molar-refractivity contribution is 7.89. The number of hydrogen-bond donors (Lipinski definition) is 1. The second-order valence-corrected chi connectivity index (χ2v) is 7.13. The molecule has 0 heterocycles. The minimum Gasteiger partial charge on any atom is -0.352 e. The van der Waals surface area contributed by atoms with Crippen molar-refractivity contribution in [3.05, 3.63) is 29.0 Å². The zero-order valence-corrected chi connectivity index (χ0v) is 12.3. The Kier molecular flexibility index (Phi) is 4.31. The van der Waals surface area contributed by atoms with Gasteiger partial charge in [0.1, 0.15) is 5.82 Å². The summed E-state index contributed by atoms with van der Waals surface area (Å²) >= 11 is 5.57. The highest BCUT2D eigenvalue weighted by Crippen LogP contribution is 2.22. The molecule has 0 radical (unpaired) electrons. The molecule has 2 rings (SSSR count). The van der Waals surface area contributed by atoms with E-state index in [2.05, 4.69) is 5.32 Å². The molecule has 0 saturated heterocycles. The fraction of sp³-hybridized carbons (Fsp3) is 0.417. The average molecular weight is 321 g/mol. The summed E-state index contributed by atoms with van der Waals surface area (Å²) in [6.07, 6.45) is 1.85. The monoisotopic (exact) mass is 320 g/mol. The van der Waals surface area contributed by atoms with E-state index in [9.17, 15) is 17.6 Å². The van der Waals surface area contributed by atoms with Crippen LogP contribution in [0.25, 0.3) is 0 Å². The summed E-state index contributed by atoms with van der Waals surface area (Å²) < 4.78 is 38.3. The summed E-state index contributed by atoms with van der Waals surface area (Å²) in [6, 6.07) is 3.29. The zero-order valence-electron chi connectivity index (χ0n) is 10.8. The zero-order chi connectivity index (χ0) is 14.9. The summed E-state index contributed by atoms with van der Waals surface area (Å²) in [5.41, 5.74) is 0. The summed E-state index contributed by atoms with van der Waals surface area (Å²) in [7, 11) is -2.58. The Bertz CT molecular complexity index is 632. The van der Waals surface area contributed by atoms with Gasteiger partial charge >= 0.3 is 0 Å². The second kappa shape index (κ2) is 5.67. The molecule has 110 valence electrons. The largest absolute Gasteiger partial charge is 0.352 e. The van der Waals surface area contributed by atoms with Gasteiger partial charge in [-0.2, -0.15) is 4.31 Å². The molecule has 0 spiro atoms. The molecule has 1 amide bonds. The summed E-state index contributed by atoms with van der Waals surface area (Å²) in [5, 5.41) is 2.42. The Morgan fingerprint density at radius 1 is 1.50 bits per heavy atom. The van der Waals surface area contributed by atoms with Crippen LogP contribution in [0.15, 0.2) is 23.1 Å². The molecule has 1 N–H and O–H groups in total. The number of halogens is 2. The van der Waals surface area contributed by atoms with Gasteiger partial charge in [0.2, 0.25) is 15.9 Å². The lowest BCUT2D eigenvalue weighted by molar-refractivity contribution is -0.121. The molecule has 0 bridgehead atoms. The van der Waals surface area contributed by atoms with Crippen molar-refractivity contribution in [3.8, 4) is 0 Å². The number of sulfonamides is 1. The van der Waals surface area contributed by atoms with E-state index in [0.29, 0.717) is 0 Å². The van der Waals surface area contributed by atoms with Crippen molar-refractivity contribution in [2.24, 2.45) is 0 Å². The van der Waals surface area contributed by atoms with Gasteiger partial charge in [-0.05, 0) is 31.0 Å². The lowest BCUT2D eigenvalue weighted by Crippen LogP contribution is -2.39. The van der Waals surface area contributed by atoms with E-state index in [1.54, 1.807) is 0 Å². The maximum atomic E-state index is 13.0. The van der Waals surface area contributed by atoms with E-state index in [0.717, 1.165) is 35.3 Å². The quantitative estimate of drug-likeness (QED) is 0.891. The number of carbonyl (C=O) groups excluding carboxylic acids is 1. The number of carbonyl (C=O) groups is 1. The van der Waals surface area contributed by atoms with Crippen LogP contribution in [-0.4, -0.2) is 38.3 Å². The second-order valence-electron chi connectivity index (χ2n) is 4.68. The maximum Gasteiger partial charge on any atom is 0.243 e. The highest BCUT2D eigenvalue weighted by atomic mass is 35.5. The van der Waals surface area contributed by atoms with E-state index in [1.165, 1.54) is 7.05 Å². The first kappa shape index (κ1) is 15.2. The van der Waals surface area contributed by atoms with Gasteiger partial charge in [-0.1, -0.05) is 11.6 Å². The molecule has 20 heavy (non-hydrogen) atoms. The molecular weight excluding hydrogens is 307 g/mol. The fourth-order valence-electron chi connectivity index (χ4n) is 1.61. The Labute approximate surface area is 121 Å². The average Bonchev–Trinajstić information content (AvgIpc) is 3.16. The van der Waals surface area contributed by atoms with Crippen molar-refractivity contribution in [1.29, 1.82) is 0 Å². The molecule has 1 aromatic carbocycles. The van der Waals surface area contributed by atoms with Gasteiger partial charge in [0.25, 0.3) is 0 Å². The molecule has 0 aliphatic heterocycles. The Morgan fingerprint density at radius 2 is 2.15 bits per heavy atom. The van der Waals surface area contributed by atoms with Crippen LogP contribution in [0.5, 0.6) is 0 Å². The van der Waals surface area contributed by atoms with Crippen LogP contribution in [0.2, 0.25) is 5.02 Å². The smallest absolute Gasteiger partial charge is 0.243 e. The Hall–Kier alpha value is -1.18. The summed E-state index contributed by atoms with van der Waals surface area (Å²) in [5.74, 6) is -1.05. The maximum absolute atomic E-state index is 13.0. The Morgan fingerprint density at radius 3 is 2.70 bits per heavy atom. The van der Waals surface area contributed by atoms with Crippen molar-refractivity contribution >= 4 is 27.5 Å². The first-order valence-corrected chi connectivity index (χ1v) is 7.83. The first-order chi connectivity index (χ1) is 9.30. The normalized spacial score (nSPS) is 15.4. The third-order valence-corrected chi connectivity index (χ3v) is 5.00. The number of nitrogens with zero attached hydrogens (tertiary/aromatic N) is 1. The molecule has 0 aromatic heterocycles. The molecule has 0 atom stereocenters. The molecule has 1 fully saturated rings. The molecule has 5 nitrogen and oxygen atoms in total. The van der Waals surface area contributed by atoms with E-state index in [-0.39, 0.29) is 28.4 Å². The van der Waals surface area contributed by atoms with Gasteiger partial charge in [0.15, 0.2) is 0 Å². The topological polar surface area (TPSA) is 66.5 Å². The van der Waals surface area contributed by atoms with Crippen molar-refractivity contribution in [2.45, 2.75) is 23.8 Å². The number of hydrogen-bond acceptors (Lipinski definition) is 3. The molecule has 1 aliphatic rings. The summed E-state index contributed by atoms with van der Waals surface area (Å²) in [4.78, 5) is 11.5. The van der Waals surface area contributed by atoms with Crippen molar-refractivity contribution in [2.75, 3.05) is 13.6 Å². The number of benzene rings is 1. The standard InChI is InChI=1S/C12H14ClFN2O3S/c1-16(7-12(17)15-8-2-3-8)20(18,19)9-4-5-11(14)10(13)6-9/h4-6,8H,2-3,7H2,1H3,(H,15,17). The lowest BCUT2D eigenvalue weighted by atomic mass is 10.3. The molecule has 1 saturated carbocycles. The van der Waals surface area contributed by atoms with Crippen LogP contribution in [0.3, 0.4) is 0 Å². The van der Waals surface area contributed by atoms with Crippen LogP contribution in [-0.2, 0) is 14.8 Å². The predicted octanol–water partition coefficient (Wildman–Crippen LogP) is 1.38. The van der Waals surface area contributed by atoms with Gasteiger partial charge in [0.05, 0.1) is 16.5 Å². The van der Waals surface area contributed by atoms with Gasteiger partial charge in [-0.25, -0.2) is 12.8 Å². The van der Waals surface area contributed by atoms with Crippen LogP contribution < -0.4 is 5.32 Å². The van der Waals surface area contributed by atoms with Crippen LogP contribution in [0, 0.1) is 5.82 Å². The van der Waals surface area contributed by atoms with Crippen LogP contribution in [0.4, 0.5) is 4.39 Å². The summed E-state index contributed by atoms with van der Waals surface area (Å²) in [6.45, 7) is -0.284. The van der Waals surface area contributed by atoms with E-state index in [4.69, 9.17) is 11.6 Å². The van der Waals surface area contributed by atoms with Crippen molar-refractivity contribution in [1.82, 2.24) is 9.62 Å². The molecule has 0 unspecified atom stereocenters. The minimum atomic E-state index is -3.87. The SMILES string of the molecule is CN(CC(=O)NC1CC1)S(=O)(=O)c1ccc(F)c(Cl)c1. The third kappa shape index (κ3) is 3.47. The van der Waals surface area contributed by atoms with Gasteiger partial charge in [0, 0.05) is 13.1 Å². The van der Waals surface area contributed by atoms with E-state index >= 15 is 0 Å². The van der Waals surface area contributed by atoms with Gasteiger partial charge in [-0.3, -0.25) is 4.79 Å². The van der Waals surface area contributed by atoms with Gasteiger partial charge in [-0.15, -0.1) is 0 Å². The molecule has 1 aliphatic carbocycles. The third-order valence-electron chi connectivity index (χ3n) is 2.91. The number of amides is 1. The number of rotatable bonds is 5. The van der Waals surface area contributed by atoms with Crippen LogP contribution >= 0.6 is 11.6 Å². The van der Waals surface area contributed by atoms with Crippen molar-refractivity contribution < 1.29 is 17.6 Å². The number of likely N-dealkylation sites (N-methyl/N-ethyl adjacent to an activating group) is 1. The highest BCUT2D eigenvalue weighted by Gasteiger charge is 2.27. The number of nitrogens with one attached hydrogen (secondary N) is 1. The molecule has 1 aromatic rings. The van der Waals surface area contributed by atoms with E-state index in [1.807, 2.05) is 0 Å². The van der Waals surface area contributed by atoms with Crippen LogP contribution in [0.1, 0.15) is 12.8 Å². The molecule has 8 heteroatoms. The predicted molar refractivity (Wildman–Crippen MR) is 72.4 cm³/mol. The first-order valence-electron chi connectivity index (χ1n) is 6.01. The van der Waals surface area contributed by atoms with E-state index < -0.39 is 15.8 Å². The lowest BCUT2D eigenvalue weighted by Gasteiger charge is -2.17. The molecular formula is C12H14ClFN2O3S. The minimum absolute atomic E-state index is 0.148. The fourth-order valence-corrected chi connectivity index (χ4v) is 3.00. The Balaban J connectivity index is 2.11. The van der Waals surface area contributed by atoms with Gasteiger partial charge < -0.3 is 5.32 Å².